The first kappa shape index (κ1) is 14.4. The lowest BCUT2D eigenvalue weighted by Crippen LogP contribution is -2.36. The Morgan fingerprint density at radius 2 is 2.33 bits per heavy atom. The fraction of sp³-hybridized carbons (Fsp3) is 0.500. The summed E-state index contributed by atoms with van der Waals surface area (Å²) in [7, 11) is 0. The number of nitrogens with one attached hydrogen (secondary N) is 2. The van der Waals surface area contributed by atoms with Gasteiger partial charge in [0, 0.05) is 26.0 Å². The molecule has 6 nitrogen and oxygen atoms in total. The zero-order chi connectivity index (χ0) is 13.2. The molecule has 4 N–H and O–H groups in total. The van der Waals surface area contributed by atoms with Crippen molar-refractivity contribution >= 4 is 11.6 Å². The summed E-state index contributed by atoms with van der Waals surface area (Å²) in [5.41, 5.74) is 4.47. The molecule has 0 amide bonds. The maximum Gasteiger partial charge on any atom is 0.210 e. The third-order valence-electron chi connectivity index (χ3n) is 2.20. The second kappa shape index (κ2) is 8.43. The van der Waals surface area contributed by atoms with Crippen molar-refractivity contribution in [1.82, 2.24) is 10.4 Å². The van der Waals surface area contributed by atoms with E-state index in [4.69, 9.17) is 10.6 Å². The molecule has 0 aliphatic carbocycles. The molecule has 1 rings (SSSR count). The molecule has 0 atom stereocenters. The summed E-state index contributed by atoms with van der Waals surface area (Å²) in [5.74, 6) is 5.93. The first-order chi connectivity index (χ1) is 8.76. The zero-order valence-corrected chi connectivity index (χ0v) is 10.9. The van der Waals surface area contributed by atoms with Gasteiger partial charge in [-0.05, 0) is 31.9 Å². The van der Waals surface area contributed by atoms with Crippen LogP contribution in [-0.2, 0) is 4.74 Å². The second-order valence-corrected chi connectivity index (χ2v) is 3.80. The van der Waals surface area contributed by atoms with Crippen molar-refractivity contribution in [1.29, 1.82) is 0 Å². The lowest BCUT2D eigenvalue weighted by molar-refractivity contribution is 0.146. The molecule has 1 heterocycles. The number of anilines is 1. The van der Waals surface area contributed by atoms with Gasteiger partial charge in [0.15, 0.2) is 0 Å². The Morgan fingerprint density at radius 3 is 3.00 bits per heavy atom. The molecule has 18 heavy (non-hydrogen) atoms. The van der Waals surface area contributed by atoms with Crippen molar-refractivity contribution in [2.75, 3.05) is 25.1 Å². The Bertz CT molecular complexity index is 380. The summed E-state index contributed by atoms with van der Waals surface area (Å²) in [6.45, 7) is 6.06. The number of pyridine rings is 1. The molecule has 0 spiro atoms. The van der Waals surface area contributed by atoms with Gasteiger partial charge in [0.2, 0.25) is 5.96 Å². The smallest absolute Gasteiger partial charge is 0.210 e. The third kappa shape index (κ3) is 5.60. The van der Waals surface area contributed by atoms with Crippen LogP contribution in [0, 0.1) is 6.92 Å². The van der Waals surface area contributed by atoms with Crippen LogP contribution in [-0.4, -0.2) is 30.7 Å². The van der Waals surface area contributed by atoms with E-state index in [9.17, 15) is 0 Å². The van der Waals surface area contributed by atoms with Gasteiger partial charge in [-0.2, -0.15) is 0 Å². The number of nitrogens with two attached hydrogens (primary N) is 1. The van der Waals surface area contributed by atoms with E-state index in [1.54, 1.807) is 12.4 Å². The number of hydrogen-bond donors (Lipinski definition) is 3. The number of aliphatic imine (C=N–C) groups is 1. The molecule has 0 bridgehead atoms. The molecule has 0 aromatic carbocycles. The minimum Gasteiger partial charge on any atom is -0.382 e. The predicted molar refractivity (Wildman–Crippen MR) is 73.3 cm³/mol. The van der Waals surface area contributed by atoms with Gasteiger partial charge >= 0.3 is 0 Å². The monoisotopic (exact) mass is 251 g/mol. The predicted octanol–water partition coefficient (Wildman–Crippen LogP) is 1.05. The molecule has 0 unspecified atom stereocenters. The number of hydrazine groups is 1. The van der Waals surface area contributed by atoms with E-state index in [0.717, 1.165) is 24.3 Å². The van der Waals surface area contributed by atoms with Gasteiger partial charge in [0.1, 0.15) is 0 Å². The molecule has 0 saturated carbocycles. The lowest BCUT2D eigenvalue weighted by Gasteiger charge is -2.09. The summed E-state index contributed by atoms with van der Waals surface area (Å²) < 4.78 is 5.23. The van der Waals surface area contributed by atoms with E-state index in [-0.39, 0.29) is 0 Å². The van der Waals surface area contributed by atoms with Crippen molar-refractivity contribution in [3.8, 4) is 0 Å². The summed E-state index contributed by atoms with van der Waals surface area (Å²) in [6, 6.07) is 1.97. The van der Waals surface area contributed by atoms with Crippen LogP contribution in [0.1, 0.15) is 18.9 Å². The van der Waals surface area contributed by atoms with Gasteiger partial charge in [0.05, 0.1) is 11.9 Å². The maximum atomic E-state index is 5.40. The first-order valence-corrected chi connectivity index (χ1v) is 6.03. The molecule has 6 heteroatoms. The fourth-order valence-electron chi connectivity index (χ4n) is 1.38. The van der Waals surface area contributed by atoms with Crippen LogP contribution in [0.3, 0.4) is 0 Å². The second-order valence-electron chi connectivity index (χ2n) is 3.80. The minimum atomic E-state index is 0.527. The van der Waals surface area contributed by atoms with E-state index < -0.39 is 0 Å². The highest BCUT2D eigenvalue weighted by Gasteiger charge is 1.98. The van der Waals surface area contributed by atoms with Crippen molar-refractivity contribution in [2.45, 2.75) is 20.3 Å². The van der Waals surface area contributed by atoms with E-state index in [2.05, 4.69) is 20.7 Å². The molecular weight excluding hydrogens is 230 g/mol. The van der Waals surface area contributed by atoms with Gasteiger partial charge in [-0.15, -0.1) is 0 Å². The summed E-state index contributed by atoms with van der Waals surface area (Å²) >= 11 is 0. The Morgan fingerprint density at radius 1 is 1.50 bits per heavy atom. The highest BCUT2D eigenvalue weighted by atomic mass is 16.5. The average molecular weight is 251 g/mol. The molecule has 0 aliphatic rings. The fourth-order valence-corrected chi connectivity index (χ4v) is 1.38. The van der Waals surface area contributed by atoms with Gasteiger partial charge in [-0.25, -0.2) is 5.84 Å². The largest absolute Gasteiger partial charge is 0.382 e. The SMILES string of the molecule is CCOCCCN=C(NN)Nc1cncc(C)c1. The Labute approximate surface area is 108 Å². The summed E-state index contributed by atoms with van der Waals surface area (Å²) in [6.07, 6.45) is 4.38. The van der Waals surface area contributed by atoms with E-state index in [0.29, 0.717) is 19.1 Å². The lowest BCUT2D eigenvalue weighted by atomic mass is 10.3. The third-order valence-corrected chi connectivity index (χ3v) is 2.20. The molecule has 0 fully saturated rings. The van der Waals surface area contributed by atoms with Gasteiger partial charge < -0.3 is 10.1 Å². The molecule has 0 radical (unpaired) electrons. The summed E-state index contributed by atoms with van der Waals surface area (Å²) in [5, 5.41) is 3.07. The van der Waals surface area contributed by atoms with Crippen LogP contribution in [0.25, 0.3) is 0 Å². The first-order valence-electron chi connectivity index (χ1n) is 6.03. The number of hydrogen-bond acceptors (Lipinski definition) is 4. The highest BCUT2D eigenvalue weighted by Crippen LogP contribution is 2.06. The minimum absolute atomic E-state index is 0.527. The standard InChI is InChI=1S/C12H21N5O/c1-3-18-6-4-5-15-12(17-13)16-11-7-10(2)8-14-9-11/h7-9H,3-6,13H2,1-2H3,(H2,15,16,17). The van der Waals surface area contributed by atoms with E-state index in [1.165, 1.54) is 0 Å². The van der Waals surface area contributed by atoms with Crippen molar-refractivity contribution in [3.63, 3.8) is 0 Å². The normalized spacial score (nSPS) is 11.4. The van der Waals surface area contributed by atoms with Crippen molar-refractivity contribution in [3.05, 3.63) is 24.0 Å². The molecule has 1 aromatic rings. The molecule has 1 aromatic heterocycles. The van der Waals surface area contributed by atoms with Crippen LogP contribution in [0.5, 0.6) is 0 Å². The molecule has 0 aliphatic heterocycles. The molecule has 100 valence electrons. The molecule has 0 saturated heterocycles. The summed E-state index contributed by atoms with van der Waals surface area (Å²) in [4.78, 5) is 8.39. The Hall–Kier alpha value is -1.66. The van der Waals surface area contributed by atoms with Crippen LogP contribution in [0.15, 0.2) is 23.5 Å². The number of nitrogens with zero attached hydrogens (tertiary/aromatic N) is 2. The Kier molecular flexibility index (Phi) is 6.75. The van der Waals surface area contributed by atoms with Crippen LogP contribution >= 0.6 is 0 Å². The zero-order valence-electron chi connectivity index (χ0n) is 10.9. The van der Waals surface area contributed by atoms with Gasteiger partial charge in [-0.3, -0.25) is 15.4 Å². The van der Waals surface area contributed by atoms with Crippen molar-refractivity contribution < 1.29 is 4.74 Å². The number of aryl methyl sites for hydroxylation is 1. The number of aromatic nitrogens is 1. The highest BCUT2D eigenvalue weighted by molar-refractivity contribution is 5.93. The average Bonchev–Trinajstić information content (AvgIpc) is 2.37. The van der Waals surface area contributed by atoms with Crippen LogP contribution < -0.4 is 16.6 Å². The maximum absolute atomic E-state index is 5.40. The Balaban J connectivity index is 2.43. The quantitative estimate of drug-likeness (QED) is 0.231. The van der Waals surface area contributed by atoms with E-state index in [1.807, 2.05) is 19.9 Å². The van der Waals surface area contributed by atoms with Crippen molar-refractivity contribution in [2.24, 2.45) is 10.8 Å². The number of guanidine groups is 1. The van der Waals surface area contributed by atoms with Crippen LogP contribution in [0.2, 0.25) is 0 Å². The number of ether oxygens (including phenoxy) is 1. The van der Waals surface area contributed by atoms with E-state index >= 15 is 0 Å². The molecular formula is C12H21N5O. The van der Waals surface area contributed by atoms with Crippen LogP contribution in [0.4, 0.5) is 5.69 Å². The topological polar surface area (TPSA) is 84.6 Å². The van der Waals surface area contributed by atoms with Gasteiger partial charge in [0.25, 0.3) is 0 Å². The number of rotatable bonds is 6. The van der Waals surface area contributed by atoms with Gasteiger partial charge in [-0.1, -0.05) is 0 Å².